The first-order valence-corrected chi connectivity index (χ1v) is 6.28. The van der Waals surface area contributed by atoms with Crippen molar-refractivity contribution >= 4 is 11.6 Å². The van der Waals surface area contributed by atoms with Crippen LogP contribution in [0.25, 0.3) is 0 Å². The average molecular weight is 241 g/mol. The fourth-order valence-electron chi connectivity index (χ4n) is 2.83. The Morgan fingerprint density at radius 3 is 3.06 bits per heavy atom. The molecule has 1 saturated carbocycles. The van der Waals surface area contributed by atoms with Crippen LogP contribution in [0.1, 0.15) is 37.2 Å². The van der Waals surface area contributed by atoms with Crippen LogP contribution in [-0.4, -0.2) is 11.5 Å². The molecule has 16 heavy (non-hydrogen) atoms. The SMILES string of the molecule is Fc1ccc2c(c1)C1CC(Cl)CCCC1O2. The molecule has 1 fully saturated rings. The largest absolute Gasteiger partial charge is 0.489 e. The minimum absolute atomic E-state index is 0.182. The van der Waals surface area contributed by atoms with Gasteiger partial charge in [-0.05, 0) is 43.9 Å². The summed E-state index contributed by atoms with van der Waals surface area (Å²) in [6.45, 7) is 0. The van der Waals surface area contributed by atoms with Crippen LogP contribution >= 0.6 is 11.6 Å². The molecule has 0 spiro atoms. The van der Waals surface area contributed by atoms with Crippen LogP contribution in [0.2, 0.25) is 0 Å². The molecule has 3 rings (SSSR count). The van der Waals surface area contributed by atoms with Crippen LogP contribution < -0.4 is 4.74 Å². The highest BCUT2D eigenvalue weighted by Gasteiger charge is 2.37. The van der Waals surface area contributed by atoms with Gasteiger partial charge in [-0.3, -0.25) is 0 Å². The third-order valence-corrected chi connectivity index (χ3v) is 4.01. The lowest BCUT2D eigenvalue weighted by atomic mass is 9.91. The first-order valence-electron chi connectivity index (χ1n) is 5.84. The molecule has 3 heteroatoms. The topological polar surface area (TPSA) is 9.23 Å². The quantitative estimate of drug-likeness (QED) is 0.626. The van der Waals surface area contributed by atoms with Crippen molar-refractivity contribution in [3.63, 3.8) is 0 Å². The van der Waals surface area contributed by atoms with Crippen molar-refractivity contribution < 1.29 is 9.13 Å². The van der Waals surface area contributed by atoms with Crippen molar-refractivity contribution in [1.82, 2.24) is 0 Å². The van der Waals surface area contributed by atoms with Gasteiger partial charge in [0, 0.05) is 16.9 Å². The molecule has 86 valence electrons. The minimum atomic E-state index is -0.182. The molecule has 1 nitrogen and oxygen atoms in total. The van der Waals surface area contributed by atoms with Crippen molar-refractivity contribution in [3.8, 4) is 5.75 Å². The second-order valence-electron chi connectivity index (χ2n) is 4.71. The van der Waals surface area contributed by atoms with Crippen molar-refractivity contribution in [2.75, 3.05) is 0 Å². The molecule has 0 N–H and O–H groups in total. The van der Waals surface area contributed by atoms with E-state index in [1.54, 1.807) is 12.1 Å². The van der Waals surface area contributed by atoms with Gasteiger partial charge < -0.3 is 4.74 Å². The van der Waals surface area contributed by atoms with E-state index in [9.17, 15) is 4.39 Å². The van der Waals surface area contributed by atoms with Crippen molar-refractivity contribution in [2.24, 2.45) is 0 Å². The predicted octanol–water partition coefficient (Wildman–Crippen LogP) is 3.85. The summed E-state index contributed by atoms with van der Waals surface area (Å²) in [5.74, 6) is 0.955. The smallest absolute Gasteiger partial charge is 0.123 e. The monoisotopic (exact) mass is 240 g/mol. The van der Waals surface area contributed by atoms with E-state index in [4.69, 9.17) is 16.3 Å². The van der Waals surface area contributed by atoms with E-state index in [0.29, 0.717) is 0 Å². The van der Waals surface area contributed by atoms with Gasteiger partial charge >= 0.3 is 0 Å². The average Bonchev–Trinajstić information content (AvgIpc) is 2.47. The first-order chi connectivity index (χ1) is 7.74. The van der Waals surface area contributed by atoms with E-state index in [0.717, 1.165) is 37.0 Å². The fraction of sp³-hybridized carbons (Fsp3) is 0.538. The summed E-state index contributed by atoms with van der Waals surface area (Å²) in [5, 5.41) is 0.202. The minimum Gasteiger partial charge on any atom is -0.489 e. The van der Waals surface area contributed by atoms with Crippen molar-refractivity contribution in [2.45, 2.75) is 43.1 Å². The van der Waals surface area contributed by atoms with Crippen LogP contribution in [0.4, 0.5) is 4.39 Å². The van der Waals surface area contributed by atoms with Crippen LogP contribution in [-0.2, 0) is 0 Å². The molecule has 3 atom stereocenters. The molecule has 0 radical (unpaired) electrons. The van der Waals surface area contributed by atoms with Gasteiger partial charge in [-0.1, -0.05) is 0 Å². The van der Waals surface area contributed by atoms with E-state index in [2.05, 4.69) is 0 Å². The molecule has 0 bridgehead atoms. The van der Waals surface area contributed by atoms with E-state index in [1.165, 1.54) is 6.07 Å². The highest BCUT2D eigenvalue weighted by atomic mass is 35.5. The van der Waals surface area contributed by atoms with Crippen LogP contribution in [0.3, 0.4) is 0 Å². The summed E-state index contributed by atoms with van der Waals surface area (Å²) < 4.78 is 19.1. The number of hydrogen-bond donors (Lipinski definition) is 0. The second kappa shape index (κ2) is 3.92. The summed E-state index contributed by atoms with van der Waals surface area (Å²) in [6, 6.07) is 4.81. The molecule has 1 aromatic rings. The van der Waals surface area contributed by atoms with Gasteiger partial charge in [0.1, 0.15) is 17.7 Å². The Hall–Kier alpha value is -0.760. The van der Waals surface area contributed by atoms with Gasteiger partial charge in [-0.15, -0.1) is 11.6 Å². The third-order valence-electron chi connectivity index (χ3n) is 3.61. The Bertz CT molecular complexity index is 407. The maximum absolute atomic E-state index is 13.2. The van der Waals surface area contributed by atoms with Gasteiger partial charge in [-0.25, -0.2) is 4.39 Å². The normalized spacial score (nSPS) is 32.5. The number of halogens is 2. The van der Waals surface area contributed by atoms with Gasteiger partial charge in [0.15, 0.2) is 0 Å². The van der Waals surface area contributed by atoms with Crippen LogP contribution in [0, 0.1) is 5.82 Å². The summed E-state index contributed by atoms with van der Waals surface area (Å²) in [5.41, 5.74) is 1.01. The van der Waals surface area contributed by atoms with Gasteiger partial charge in [-0.2, -0.15) is 0 Å². The standard InChI is InChI=1S/C13H14ClFO/c14-8-2-1-3-12-10(6-8)11-7-9(15)4-5-13(11)16-12/h4-5,7-8,10,12H,1-3,6H2. The summed E-state index contributed by atoms with van der Waals surface area (Å²) in [7, 11) is 0. The maximum atomic E-state index is 13.2. The van der Waals surface area contributed by atoms with Gasteiger partial charge in [0.2, 0.25) is 0 Å². The molecule has 0 aromatic heterocycles. The molecule has 2 aliphatic rings. The number of alkyl halides is 1. The van der Waals surface area contributed by atoms with Gasteiger partial charge in [0.25, 0.3) is 0 Å². The Morgan fingerprint density at radius 2 is 2.19 bits per heavy atom. The highest BCUT2D eigenvalue weighted by Crippen LogP contribution is 2.45. The first kappa shape index (κ1) is 10.4. The molecule has 1 aliphatic heterocycles. The Kier molecular flexibility index (Phi) is 2.55. The zero-order valence-electron chi connectivity index (χ0n) is 8.96. The van der Waals surface area contributed by atoms with E-state index < -0.39 is 0 Å². The Balaban J connectivity index is 1.97. The van der Waals surface area contributed by atoms with E-state index in [-0.39, 0.29) is 23.2 Å². The number of rotatable bonds is 0. The molecular formula is C13H14ClFO. The molecular weight excluding hydrogens is 227 g/mol. The van der Waals surface area contributed by atoms with E-state index in [1.807, 2.05) is 0 Å². The molecule has 1 aromatic carbocycles. The maximum Gasteiger partial charge on any atom is 0.123 e. The number of benzene rings is 1. The van der Waals surface area contributed by atoms with E-state index >= 15 is 0 Å². The lowest BCUT2D eigenvalue weighted by molar-refractivity contribution is 0.196. The number of hydrogen-bond acceptors (Lipinski definition) is 1. The zero-order valence-corrected chi connectivity index (χ0v) is 9.71. The fourth-order valence-corrected chi connectivity index (χ4v) is 3.18. The van der Waals surface area contributed by atoms with Crippen molar-refractivity contribution in [3.05, 3.63) is 29.6 Å². The van der Waals surface area contributed by atoms with Crippen molar-refractivity contribution in [1.29, 1.82) is 0 Å². The summed E-state index contributed by atoms with van der Waals surface area (Å²) >= 11 is 6.24. The molecule has 1 aliphatic carbocycles. The highest BCUT2D eigenvalue weighted by molar-refractivity contribution is 6.20. The third kappa shape index (κ3) is 1.69. The molecule has 1 heterocycles. The Morgan fingerprint density at radius 1 is 1.31 bits per heavy atom. The summed E-state index contributed by atoms with van der Waals surface area (Å²) in [4.78, 5) is 0. The van der Waals surface area contributed by atoms with Crippen LogP contribution in [0.15, 0.2) is 18.2 Å². The Labute approximate surface area is 99.6 Å². The lowest BCUT2D eigenvalue weighted by Gasteiger charge is -2.16. The summed E-state index contributed by atoms with van der Waals surface area (Å²) in [6.07, 6.45) is 4.29. The number of fused-ring (bicyclic) bond motifs is 3. The molecule has 0 saturated heterocycles. The number of ether oxygens (including phenoxy) is 1. The second-order valence-corrected chi connectivity index (χ2v) is 5.33. The predicted molar refractivity (Wildman–Crippen MR) is 61.7 cm³/mol. The zero-order chi connectivity index (χ0) is 11.1. The van der Waals surface area contributed by atoms with Gasteiger partial charge in [0.05, 0.1) is 0 Å². The lowest BCUT2D eigenvalue weighted by Crippen LogP contribution is -2.17. The molecule has 0 amide bonds. The van der Waals surface area contributed by atoms with Crippen LogP contribution in [0.5, 0.6) is 5.75 Å². The molecule has 3 unspecified atom stereocenters.